The molecule has 0 spiro atoms. The van der Waals surface area contributed by atoms with Crippen molar-refractivity contribution in [2.75, 3.05) is 0 Å². The Balaban J connectivity index is 1.90. The lowest BCUT2D eigenvalue weighted by molar-refractivity contribution is -0.158. The first kappa shape index (κ1) is 23.7. The normalized spacial score (nSPS) is 33.4. The summed E-state index contributed by atoms with van der Waals surface area (Å²) in [6, 6.07) is 0. The number of ether oxygens (including phenoxy) is 2. The molecule has 2 fully saturated rings. The molecule has 4 heteroatoms. The topological polar surface area (TPSA) is 52.6 Å². The van der Waals surface area contributed by atoms with Crippen LogP contribution in [0.25, 0.3) is 0 Å². The maximum atomic E-state index is 12.0. The van der Waals surface area contributed by atoms with E-state index in [2.05, 4.69) is 33.9 Å². The Morgan fingerprint density at radius 1 is 0.828 bits per heavy atom. The molecule has 2 rings (SSSR count). The maximum absolute atomic E-state index is 12.0. The molecule has 0 saturated heterocycles. The summed E-state index contributed by atoms with van der Waals surface area (Å²) in [7, 11) is 0. The predicted octanol–water partition coefficient (Wildman–Crippen LogP) is 6.15. The van der Waals surface area contributed by atoms with Gasteiger partial charge in [-0.25, -0.2) is 9.59 Å². The van der Waals surface area contributed by atoms with E-state index in [-0.39, 0.29) is 23.1 Å². The Hall–Kier alpha value is -1.58. The SMILES string of the molecule is C=C(C)C(=O)OC1(C)CCC(C(CC)C2CCC(C)(OC(=O)C(=C)C)CC2)CC1. The van der Waals surface area contributed by atoms with Crippen molar-refractivity contribution in [2.24, 2.45) is 17.8 Å². The minimum absolute atomic E-state index is 0.270. The van der Waals surface area contributed by atoms with E-state index in [0.29, 0.717) is 28.9 Å². The molecule has 2 aliphatic carbocycles. The van der Waals surface area contributed by atoms with E-state index < -0.39 is 0 Å². The van der Waals surface area contributed by atoms with Gasteiger partial charge in [-0.1, -0.05) is 26.5 Å². The highest BCUT2D eigenvalue weighted by Gasteiger charge is 2.42. The van der Waals surface area contributed by atoms with E-state index in [9.17, 15) is 9.59 Å². The van der Waals surface area contributed by atoms with Gasteiger partial charge in [0.15, 0.2) is 0 Å². The summed E-state index contributed by atoms with van der Waals surface area (Å²) in [5.41, 5.74) is 0.231. The van der Waals surface area contributed by atoms with E-state index >= 15 is 0 Å². The zero-order valence-corrected chi connectivity index (χ0v) is 19.1. The molecule has 0 heterocycles. The van der Waals surface area contributed by atoms with Crippen LogP contribution in [0.3, 0.4) is 0 Å². The molecule has 0 atom stereocenters. The monoisotopic (exact) mass is 404 g/mol. The van der Waals surface area contributed by atoms with Crippen LogP contribution in [0, 0.1) is 17.8 Å². The lowest BCUT2D eigenvalue weighted by Crippen LogP contribution is -2.41. The molecule has 0 aromatic heterocycles. The number of esters is 2. The fraction of sp³-hybridized carbons (Fsp3) is 0.760. The first-order valence-corrected chi connectivity index (χ1v) is 11.3. The van der Waals surface area contributed by atoms with Gasteiger partial charge < -0.3 is 9.47 Å². The van der Waals surface area contributed by atoms with Crippen LogP contribution >= 0.6 is 0 Å². The van der Waals surface area contributed by atoms with Gasteiger partial charge in [-0.3, -0.25) is 0 Å². The average Bonchev–Trinajstić information content (AvgIpc) is 2.65. The van der Waals surface area contributed by atoms with E-state index in [1.54, 1.807) is 13.8 Å². The Kier molecular flexibility index (Phi) is 7.75. The van der Waals surface area contributed by atoms with Crippen molar-refractivity contribution in [2.45, 2.75) is 104 Å². The molecule has 29 heavy (non-hydrogen) atoms. The molecule has 0 aromatic carbocycles. The average molecular weight is 405 g/mol. The summed E-state index contributed by atoms with van der Waals surface area (Å²) in [6.45, 7) is 17.2. The van der Waals surface area contributed by atoms with Crippen molar-refractivity contribution < 1.29 is 19.1 Å². The minimum Gasteiger partial charge on any atom is -0.456 e. The van der Waals surface area contributed by atoms with Crippen LogP contribution in [-0.4, -0.2) is 23.1 Å². The van der Waals surface area contributed by atoms with Gasteiger partial charge in [0.25, 0.3) is 0 Å². The predicted molar refractivity (Wildman–Crippen MR) is 116 cm³/mol. The van der Waals surface area contributed by atoms with Gasteiger partial charge in [0.1, 0.15) is 11.2 Å². The molecule has 4 nitrogen and oxygen atoms in total. The number of carbonyl (C=O) groups is 2. The van der Waals surface area contributed by atoms with Crippen LogP contribution in [0.4, 0.5) is 0 Å². The second kappa shape index (κ2) is 9.49. The Morgan fingerprint density at radius 2 is 1.14 bits per heavy atom. The molecule has 2 aliphatic rings. The van der Waals surface area contributed by atoms with Crippen molar-refractivity contribution in [1.82, 2.24) is 0 Å². The van der Waals surface area contributed by atoms with Crippen LogP contribution in [-0.2, 0) is 19.1 Å². The van der Waals surface area contributed by atoms with Gasteiger partial charge in [-0.15, -0.1) is 0 Å². The lowest BCUT2D eigenvalue weighted by atomic mass is 9.65. The molecular formula is C25H40O4. The summed E-state index contributed by atoms with van der Waals surface area (Å²) >= 11 is 0. The molecule has 0 aromatic rings. The van der Waals surface area contributed by atoms with Crippen molar-refractivity contribution in [1.29, 1.82) is 0 Å². The quantitative estimate of drug-likeness (QED) is 0.377. The Bertz CT molecular complexity index is 577. The van der Waals surface area contributed by atoms with Crippen LogP contribution in [0.15, 0.2) is 24.3 Å². The largest absolute Gasteiger partial charge is 0.456 e. The van der Waals surface area contributed by atoms with Crippen molar-refractivity contribution in [3.63, 3.8) is 0 Å². The molecule has 0 amide bonds. The van der Waals surface area contributed by atoms with Crippen molar-refractivity contribution in [3.05, 3.63) is 24.3 Å². The van der Waals surface area contributed by atoms with Crippen molar-refractivity contribution >= 4 is 11.9 Å². The zero-order valence-electron chi connectivity index (χ0n) is 19.1. The fourth-order valence-electron chi connectivity index (χ4n) is 5.24. The molecular weight excluding hydrogens is 364 g/mol. The van der Waals surface area contributed by atoms with Crippen LogP contribution in [0.2, 0.25) is 0 Å². The highest BCUT2D eigenvalue weighted by Crippen LogP contribution is 2.46. The van der Waals surface area contributed by atoms with E-state index in [0.717, 1.165) is 51.4 Å². The highest BCUT2D eigenvalue weighted by molar-refractivity contribution is 5.87. The van der Waals surface area contributed by atoms with E-state index in [1.165, 1.54) is 6.42 Å². The maximum Gasteiger partial charge on any atom is 0.333 e. The minimum atomic E-state index is -0.354. The van der Waals surface area contributed by atoms with Crippen LogP contribution < -0.4 is 0 Å². The summed E-state index contributed by atoms with van der Waals surface area (Å²) in [5.74, 6) is 1.52. The molecule has 0 radical (unpaired) electrons. The number of hydrogen-bond donors (Lipinski definition) is 0. The van der Waals surface area contributed by atoms with Gasteiger partial charge in [-0.05, 0) is 96.8 Å². The van der Waals surface area contributed by atoms with Gasteiger partial charge in [0.2, 0.25) is 0 Å². The first-order valence-electron chi connectivity index (χ1n) is 11.3. The third-order valence-electron chi connectivity index (χ3n) is 7.23. The molecule has 2 saturated carbocycles. The van der Waals surface area contributed by atoms with E-state index in [4.69, 9.17) is 9.47 Å². The molecule has 0 bridgehead atoms. The summed E-state index contributed by atoms with van der Waals surface area (Å²) in [5, 5.41) is 0. The Morgan fingerprint density at radius 3 is 1.38 bits per heavy atom. The fourth-order valence-corrected chi connectivity index (χ4v) is 5.24. The smallest absolute Gasteiger partial charge is 0.333 e. The summed E-state index contributed by atoms with van der Waals surface area (Å²) < 4.78 is 11.5. The summed E-state index contributed by atoms with van der Waals surface area (Å²) in [6.07, 6.45) is 9.31. The van der Waals surface area contributed by atoms with Gasteiger partial charge in [0, 0.05) is 11.1 Å². The Labute approximate surface area is 177 Å². The standard InChI is InChI=1S/C25H40O4/c1-8-21(19-9-13-24(6,14-10-19)28-22(26)17(2)3)20-11-15-25(7,16-12-20)29-23(27)18(4)5/h19-21H,2,4,8-16H2,1,3,5-7H3. The zero-order chi connectivity index (χ0) is 21.8. The van der Waals surface area contributed by atoms with Gasteiger partial charge in [-0.2, -0.15) is 0 Å². The third-order valence-corrected chi connectivity index (χ3v) is 7.23. The van der Waals surface area contributed by atoms with Crippen LogP contribution in [0.5, 0.6) is 0 Å². The van der Waals surface area contributed by atoms with E-state index in [1.807, 2.05) is 0 Å². The molecule has 0 unspecified atom stereocenters. The lowest BCUT2D eigenvalue weighted by Gasteiger charge is -2.45. The second-order valence-corrected chi connectivity index (χ2v) is 9.99. The van der Waals surface area contributed by atoms with Gasteiger partial charge in [0.05, 0.1) is 0 Å². The molecule has 0 aliphatic heterocycles. The number of rotatable bonds is 7. The third kappa shape index (κ3) is 6.20. The number of hydrogen-bond acceptors (Lipinski definition) is 4. The number of carbonyl (C=O) groups excluding carboxylic acids is 2. The molecule has 0 N–H and O–H groups in total. The first-order chi connectivity index (χ1) is 13.5. The van der Waals surface area contributed by atoms with Crippen molar-refractivity contribution in [3.8, 4) is 0 Å². The van der Waals surface area contributed by atoms with Gasteiger partial charge >= 0.3 is 11.9 Å². The second-order valence-electron chi connectivity index (χ2n) is 9.99. The highest BCUT2D eigenvalue weighted by atomic mass is 16.6. The molecule has 164 valence electrons. The summed E-state index contributed by atoms with van der Waals surface area (Å²) in [4.78, 5) is 23.9. The van der Waals surface area contributed by atoms with Crippen LogP contribution in [0.1, 0.15) is 92.4 Å².